The smallest absolute Gasteiger partial charge is 0.0490 e. The van der Waals surface area contributed by atoms with Crippen molar-refractivity contribution in [2.24, 2.45) is 22.7 Å². The lowest BCUT2D eigenvalue weighted by molar-refractivity contribution is -0.0808. The summed E-state index contributed by atoms with van der Waals surface area (Å²) in [5, 5.41) is 9.73. The van der Waals surface area contributed by atoms with Crippen molar-refractivity contribution in [3.05, 3.63) is 12.2 Å². The molecule has 0 bridgehead atoms. The van der Waals surface area contributed by atoms with Gasteiger partial charge in [-0.3, -0.25) is 0 Å². The Balaban J connectivity index is 2.33. The highest BCUT2D eigenvalue weighted by atomic mass is 16.3. The van der Waals surface area contributed by atoms with E-state index in [1.807, 2.05) is 0 Å². The van der Waals surface area contributed by atoms with Crippen LogP contribution in [0.15, 0.2) is 12.2 Å². The normalized spacial score (nSPS) is 42.9. The minimum absolute atomic E-state index is 0.0778. The van der Waals surface area contributed by atoms with Gasteiger partial charge in [0.2, 0.25) is 0 Å². The van der Waals surface area contributed by atoms with Gasteiger partial charge in [0.05, 0.1) is 0 Å². The average molecular weight is 222 g/mol. The van der Waals surface area contributed by atoms with E-state index in [2.05, 4.69) is 27.4 Å². The van der Waals surface area contributed by atoms with Gasteiger partial charge >= 0.3 is 0 Å². The molecule has 0 aliphatic heterocycles. The van der Waals surface area contributed by atoms with Crippen molar-refractivity contribution in [3.63, 3.8) is 0 Å². The van der Waals surface area contributed by atoms with Gasteiger partial charge in [-0.05, 0) is 54.8 Å². The number of rotatable bonds is 1. The maximum Gasteiger partial charge on any atom is 0.0490 e. The van der Waals surface area contributed by atoms with Crippen molar-refractivity contribution < 1.29 is 5.11 Å². The number of aliphatic hydroxyl groups excluding tert-OH is 1. The Morgan fingerprint density at radius 1 is 1.31 bits per heavy atom. The molecule has 0 saturated heterocycles. The zero-order valence-electron chi connectivity index (χ0n) is 11.1. The Labute approximate surface area is 99.9 Å². The maximum atomic E-state index is 9.73. The fraction of sp³-hybridized carbons (Fsp3) is 0.867. The molecule has 2 fully saturated rings. The monoisotopic (exact) mass is 222 g/mol. The molecule has 1 N–H and O–H groups in total. The van der Waals surface area contributed by atoms with Crippen LogP contribution in [-0.4, -0.2) is 11.7 Å². The van der Waals surface area contributed by atoms with Crippen molar-refractivity contribution in [2.45, 2.75) is 52.9 Å². The molecule has 92 valence electrons. The quantitative estimate of drug-likeness (QED) is 0.669. The van der Waals surface area contributed by atoms with Gasteiger partial charge < -0.3 is 5.11 Å². The minimum Gasteiger partial charge on any atom is -0.396 e. The Kier molecular flexibility index (Phi) is 2.94. The molecule has 2 saturated carbocycles. The molecule has 0 amide bonds. The van der Waals surface area contributed by atoms with Crippen molar-refractivity contribution in [2.75, 3.05) is 6.61 Å². The number of fused-ring (bicyclic) bond motifs is 1. The van der Waals surface area contributed by atoms with Gasteiger partial charge in [-0.15, -0.1) is 0 Å². The first kappa shape index (κ1) is 12.2. The van der Waals surface area contributed by atoms with E-state index >= 15 is 0 Å². The van der Waals surface area contributed by atoms with Crippen LogP contribution >= 0.6 is 0 Å². The lowest BCUT2D eigenvalue weighted by Crippen LogP contribution is -2.51. The molecule has 3 unspecified atom stereocenters. The molecule has 16 heavy (non-hydrogen) atoms. The number of hydrogen-bond donors (Lipinski definition) is 1. The first-order valence-electron chi connectivity index (χ1n) is 6.71. The first-order valence-corrected chi connectivity index (χ1v) is 6.71. The van der Waals surface area contributed by atoms with Crippen LogP contribution in [0.5, 0.6) is 0 Å². The van der Waals surface area contributed by atoms with Crippen LogP contribution < -0.4 is 0 Å². The average Bonchev–Trinajstić information content (AvgIpc) is 2.24. The second kappa shape index (κ2) is 3.87. The van der Waals surface area contributed by atoms with E-state index in [0.29, 0.717) is 12.5 Å². The van der Waals surface area contributed by atoms with E-state index in [1.54, 1.807) is 0 Å². The van der Waals surface area contributed by atoms with Crippen LogP contribution in [0.4, 0.5) is 0 Å². The number of allylic oxidation sites excluding steroid dienone is 1. The highest BCUT2D eigenvalue weighted by Crippen LogP contribution is 2.60. The van der Waals surface area contributed by atoms with E-state index in [9.17, 15) is 5.11 Å². The summed E-state index contributed by atoms with van der Waals surface area (Å²) in [5.41, 5.74) is 1.72. The molecule has 0 aromatic rings. The molecule has 1 nitrogen and oxygen atoms in total. The fourth-order valence-corrected chi connectivity index (χ4v) is 4.14. The number of hydrogen-bond acceptors (Lipinski definition) is 1. The van der Waals surface area contributed by atoms with Gasteiger partial charge in [0.1, 0.15) is 0 Å². The Morgan fingerprint density at radius 2 is 2.00 bits per heavy atom. The van der Waals surface area contributed by atoms with Crippen LogP contribution in [0.2, 0.25) is 0 Å². The highest BCUT2D eigenvalue weighted by molar-refractivity contribution is 5.16. The highest BCUT2D eigenvalue weighted by Gasteiger charge is 2.53. The van der Waals surface area contributed by atoms with Gasteiger partial charge in [-0.2, -0.15) is 0 Å². The molecule has 2 aliphatic rings. The summed E-state index contributed by atoms with van der Waals surface area (Å²) in [6.45, 7) is 11.6. The third-order valence-corrected chi connectivity index (χ3v) is 5.73. The van der Waals surface area contributed by atoms with Crippen LogP contribution in [0.3, 0.4) is 0 Å². The Morgan fingerprint density at radius 3 is 2.62 bits per heavy atom. The molecule has 2 rings (SSSR count). The summed E-state index contributed by atoms with van der Waals surface area (Å²) in [5.74, 6) is 1.46. The maximum absolute atomic E-state index is 9.73. The van der Waals surface area contributed by atoms with Gasteiger partial charge in [0, 0.05) is 6.61 Å². The predicted octanol–water partition coefficient (Wildman–Crippen LogP) is 3.78. The topological polar surface area (TPSA) is 20.2 Å². The van der Waals surface area contributed by atoms with E-state index in [4.69, 9.17) is 0 Å². The van der Waals surface area contributed by atoms with Crippen molar-refractivity contribution in [3.8, 4) is 0 Å². The summed E-state index contributed by atoms with van der Waals surface area (Å²) in [6, 6.07) is 0. The standard InChI is InChI=1S/C15H26O/c1-11-6-5-7-12-8-9-15(4,10-16)14(2,3)13(11)12/h12-13,16H,1,5-10H2,2-4H3. The minimum atomic E-state index is 0.0778. The molecule has 3 atom stereocenters. The van der Waals surface area contributed by atoms with Crippen molar-refractivity contribution >= 4 is 0 Å². The fourth-order valence-electron chi connectivity index (χ4n) is 4.14. The molecular formula is C15H26O. The van der Waals surface area contributed by atoms with Crippen LogP contribution in [0.25, 0.3) is 0 Å². The lowest BCUT2D eigenvalue weighted by atomic mass is 9.48. The van der Waals surface area contributed by atoms with E-state index < -0.39 is 0 Å². The van der Waals surface area contributed by atoms with Crippen molar-refractivity contribution in [1.29, 1.82) is 0 Å². The molecule has 0 radical (unpaired) electrons. The summed E-state index contributed by atoms with van der Waals surface area (Å²) in [4.78, 5) is 0. The zero-order chi connectivity index (χ0) is 12.0. The lowest BCUT2D eigenvalue weighted by Gasteiger charge is -2.57. The second-order valence-corrected chi connectivity index (χ2v) is 6.77. The van der Waals surface area contributed by atoms with Gasteiger partial charge in [-0.1, -0.05) is 32.9 Å². The van der Waals surface area contributed by atoms with Crippen LogP contribution in [-0.2, 0) is 0 Å². The van der Waals surface area contributed by atoms with Crippen molar-refractivity contribution in [1.82, 2.24) is 0 Å². The van der Waals surface area contributed by atoms with Gasteiger partial charge in [0.25, 0.3) is 0 Å². The molecule has 0 aromatic carbocycles. The molecule has 1 heteroatoms. The molecule has 0 spiro atoms. The number of aliphatic hydroxyl groups is 1. The SMILES string of the molecule is C=C1CCCC2CCC(C)(CO)C(C)(C)C12. The zero-order valence-corrected chi connectivity index (χ0v) is 11.1. The Bertz CT molecular complexity index is 292. The van der Waals surface area contributed by atoms with Gasteiger partial charge in [-0.25, -0.2) is 0 Å². The van der Waals surface area contributed by atoms with E-state index in [0.717, 1.165) is 5.92 Å². The predicted molar refractivity (Wildman–Crippen MR) is 68.2 cm³/mol. The van der Waals surface area contributed by atoms with E-state index in [1.165, 1.54) is 37.7 Å². The largest absolute Gasteiger partial charge is 0.396 e. The third-order valence-electron chi connectivity index (χ3n) is 5.73. The molecule has 0 heterocycles. The molecule has 0 aromatic heterocycles. The molecular weight excluding hydrogens is 196 g/mol. The Hall–Kier alpha value is -0.300. The summed E-state index contributed by atoms with van der Waals surface area (Å²) in [7, 11) is 0. The summed E-state index contributed by atoms with van der Waals surface area (Å²) < 4.78 is 0. The van der Waals surface area contributed by atoms with E-state index in [-0.39, 0.29) is 10.8 Å². The molecule has 2 aliphatic carbocycles. The summed E-state index contributed by atoms with van der Waals surface area (Å²) in [6.07, 6.45) is 6.35. The van der Waals surface area contributed by atoms with Crippen LogP contribution in [0, 0.1) is 22.7 Å². The first-order chi connectivity index (χ1) is 7.42. The second-order valence-electron chi connectivity index (χ2n) is 6.77. The third kappa shape index (κ3) is 1.55. The summed E-state index contributed by atoms with van der Waals surface area (Å²) >= 11 is 0. The van der Waals surface area contributed by atoms with Gasteiger partial charge in [0.15, 0.2) is 0 Å². The van der Waals surface area contributed by atoms with Crippen LogP contribution in [0.1, 0.15) is 52.9 Å².